The molecule has 0 spiro atoms. The van der Waals surface area contributed by atoms with Crippen molar-refractivity contribution in [1.29, 1.82) is 0 Å². The second-order valence-corrected chi connectivity index (χ2v) is 7.93. The van der Waals surface area contributed by atoms with Crippen LogP contribution in [0.3, 0.4) is 0 Å². The second-order valence-electron chi connectivity index (χ2n) is 5.87. The summed E-state index contributed by atoms with van der Waals surface area (Å²) in [4.78, 5) is 5.30. The molecule has 0 bridgehead atoms. The Morgan fingerprint density at radius 3 is 2.46 bits per heavy atom. The first-order chi connectivity index (χ1) is 12.3. The molecule has 138 valence electrons. The third kappa shape index (κ3) is 4.01. The lowest BCUT2D eigenvalue weighted by atomic mass is 10.0. The molecule has 0 amide bonds. The highest BCUT2D eigenvalue weighted by Crippen LogP contribution is 2.32. The van der Waals surface area contributed by atoms with Gasteiger partial charge in [-0.2, -0.15) is 13.2 Å². The maximum atomic E-state index is 12.7. The van der Waals surface area contributed by atoms with Gasteiger partial charge in [0.15, 0.2) is 0 Å². The van der Waals surface area contributed by atoms with Gasteiger partial charge in [0.2, 0.25) is 5.16 Å². The first kappa shape index (κ1) is 18.7. The van der Waals surface area contributed by atoms with Gasteiger partial charge in [-0.1, -0.05) is 49.9 Å². The number of hydrogen-bond donors (Lipinski definition) is 1. The van der Waals surface area contributed by atoms with E-state index >= 15 is 0 Å². The second kappa shape index (κ2) is 7.28. The van der Waals surface area contributed by atoms with Gasteiger partial charge >= 0.3 is 6.18 Å². The summed E-state index contributed by atoms with van der Waals surface area (Å²) in [5, 5.41) is 7.48. The van der Waals surface area contributed by atoms with Crippen molar-refractivity contribution in [3.05, 3.63) is 46.7 Å². The van der Waals surface area contributed by atoms with Crippen molar-refractivity contribution < 1.29 is 13.2 Å². The van der Waals surface area contributed by atoms with E-state index < -0.39 is 12.0 Å². The van der Waals surface area contributed by atoms with Crippen LogP contribution in [0.2, 0.25) is 0 Å². The number of rotatable bonds is 5. The highest BCUT2D eigenvalue weighted by atomic mass is 32.2. The molecular formula is C16H16F3N5S2. The van der Waals surface area contributed by atoms with Crippen LogP contribution in [-0.2, 0) is 11.9 Å². The van der Waals surface area contributed by atoms with Crippen molar-refractivity contribution in [3.8, 4) is 10.6 Å². The summed E-state index contributed by atoms with van der Waals surface area (Å²) in [7, 11) is 0. The van der Waals surface area contributed by atoms with Crippen LogP contribution in [-0.4, -0.2) is 19.9 Å². The molecule has 3 aromatic rings. The van der Waals surface area contributed by atoms with E-state index in [1.807, 2.05) is 12.1 Å². The molecule has 0 unspecified atom stereocenters. The van der Waals surface area contributed by atoms with Gasteiger partial charge in [-0.05, 0) is 11.5 Å². The number of nitrogen functional groups attached to an aromatic ring is 1. The Kier molecular flexibility index (Phi) is 5.24. The van der Waals surface area contributed by atoms with E-state index in [2.05, 4.69) is 41.2 Å². The molecule has 0 aliphatic rings. The summed E-state index contributed by atoms with van der Waals surface area (Å²) >= 11 is 2.57. The summed E-state index contributed by atoms with van der Waals surface area (Å²) < 4.78 is 38.5. The molecular weight excluding hydrogens is 383 g/mol. The number of aromatic nitrogens is 4. The molecule has 0 aliphatic heterocycles. The van der Waals surface area contributed by atoms with Crippen LogP contribution in [0.1, 0.15) is 36.0 Å². The zero-order valence-electron chi connectivity index (χ0n) is 14.0. The molecule has 1 aromatic carbocycles. The molecule has 0 saturated heterocycles. The molecule has 0 aliphatic carbocycles. The number of thiazole rings is 1. The predicted molar refractivity (Wildman–Crippen MR) is 96.4 cm³/mol. The van der Waals surface area contributed by atoms with Crippen molar-refractivity contribution >= 4 is 23.1 Å². The maximum absolute atomic E-state index is 12.7. The van der Waals surface area contributed by atoms with Crippen LogP contribution in [0.15, 0.2) is 35.6 Å². The number of nitrogens with zero attached hydrogens (tertiary/aromatic N) is 4. The van der Waals surface area contributed by atoms with E-state index in [-0.39, 0.29) is 5.16 Å². The summed E-state index contributed by atoms with van der Waals surface area (Å²) in [5.74, 6) is 5.09. The van der Waals surface area contributed by atoms with Crippen LogP contribution in [0, 0.1) is 0 Å². The largest absolute Gasteiger partial charge is 0.453 e. The Labute approximate surface area is 156 Å². The smallest absolute Gasteiger partial charge is 0.335 e. The summed E-state index contributed by atoms with van der Waals surface area (Å²) in [6.07, 6.45) is -2.91. The molecule has 3 rings (SSSR count). The van der Waals surface area contributed by atoms with Crippen LogP contribution >= 0.6 is 23.1 Å². The number of hydrogen-bond acceptors (Lipinski definition) is 6. The standard InChI is InChI=1S/C16H16F3N5S2/c1-9(2)10-3-5-11(6-4-10)13-21-7-12(26-13)8-25-15-23-22-14(24(15)20)16(17,18)19/h3-7,9H,8,20H2,1-2H3. The molecule has 2 heterocycles. The van der Waals surface area contributed by atoms with Gasteiger partial charge in [-0.3, -0.25) is 0 Å². The molecule has 2 aromatic heterocycles. The lowest BCUT2D eigenvalue weighted by Crippen LogP contribution is -2.21. The van der Waals surface area contributed by atoms with E-state index in [4.69, 9.17) is 5.84 Å². The average Bonchev–Trinajstić information content (AvgIpc) is 3.19. The average molecular weight is 399 g/mol. The maximum Gasteiger partial charge on any atom is 0.453 e. The number of nitrogens with two attached hydrogens (primary N) is 1. The number of alkyl halides is 3. The van der Waals surface area contributed by atoms with Crippen molar-refractivity contribution in [3.63, 3.8) is 0 Å². The van der Waals surface area contributed by atoms with Gasteiger partial charge in [-0.25, -0.2) is 9.66 Å². The fourth-order valence-electron chi connectivity index (χ4n) is 2.22. The molecule has 0 fully saturated rings. The van der Waals surface area contributed by atoms with Gasteiger partial charge < -0.3 is 5.84 Å². The van der Waals surface area contributed by atoms with Crippen molar-refractivity contribution in [2.75, 3.05) is 5.84 Å². The zero-order valence-corrected chi connectivity index (χ0v) is 15.6. The van der Waals surface area contributed by atoms with E-state index in [0.717, 1.165) is 27.2 Å². The highest BCUT2D eigenvalue weighted by molar-refractivity contribution is 7.98. The molecule has 0 atom stereocenters. The van der Waals surface area contributed by atoms with Gasteiger partial charge in [-0.15, -0.1) is 21.5 Å². The predicted octanol–water partition coefficient (Wildman–Crippen LogP) is 4.55. The highest BCUT2D eigenvalue weighted by Gasteiger charge is 2.38. The van der Waals surface area contributed by atoms with Gasteiger partial charge in [0.25, 0.3) is 5.82 Å². The fourth-order valence-corrected chi connectivity index (χ4v) is 4.02. The SMILES string of the molecule is CC(C)c1ccc(-c2ncc(CSc3nnc(C(F)(F)F)n3N)s2)cc1. The normalized spacial score (nSPS) is 12.1. The lowest BCUT2D eigenvalue weighted by molar-refractivity contribution is -0.146. The van der Waals surface area contributed by atoms with Gasteiger partial charge in [0.1, 0.15) is 5.01 Å². The topological polar surface area (TPSA) is 69.6 Å². The van der Waals surface area contributed by atoms with Crippen molar-refractivity contribution in [1.82, 2.24) is 19.9 Å². The number of halogens is 3. The Balaban J connectivity index is 1.68. The molecule has 0 radical (unpaired) electrons. The third-order valence-electron chi connectivity index (χ3n) is 3.64. The quantitative estimate of drug-likeness (QED) is 0.503. The van der Waals surface area contributed by atoms with Crippen LogP contribution in [0.25, 0.3) is 10.6 Å². The molecule has 5 nitrogen and oxygen atoms in total. The van der Waals surface area contributed by atoms with Crippen LogP contribution in [0.5, 0.6) is 0 Å². The zero-order chi connectivity index (χ0) is 18.9. The number of thioether (sulfide) groups is 1. The van der Waals surface area contributed by atoms with E-state index in [0.29, 0.717) is 16.3 Å². The molecule has 2 N–H and O–H groups in total. The van der Waals surface area contributed by atoms with Gasteiger partial charge in [0.05, 0.1) is 0 Å². The summed E-state index contributed by atoms with van der Waals surface area (Å²) in [5.41, 5.74) is 2.26. The molecule has 0 saturated carbocycles. The molecule has 10 heteroatoms. The molecule has 26 heavy (non-hydrogen) atoms. The van der Waals surface area contributed by atoms with Crippen LogP contribution in [0.4, 0.5) is 13.2 Å². The summed E-state index contributed by atoms with van der Waals surface area (Å²) in [6, 6.07) is 8.20. The lowest BCUT2D eigenvalue weighted by Gasteiger charge is -2.05. The van der Waals surface area contributed by atoms with Crippen molar-refractivity contribution in [2.45, 2.75) is 36.9 Å². The van der Waals surface area contributed by atoms with E-state index in [1.54, 1.807) is 6.20 Å². The number of benzene rings is 1. The Bertz CT molecular complexity index is 884. The first-order valence-corrected chi connectivity index (χ1v) is 9.51. The minimum Gasteiger partial charge on any atom is -0.335 e. The van der Waals surface area contributed by atoms with Crippen LogP contribution < -0.4 is 5.84 Å². The Morgan fingerprint density at radius 1 is 1.19 bits per heavy atom. The minimum absolute atomic E-state index is 0.00793. The Hall–Kier alpha value is -2.07. The van der Waals surface area contributed by atoms with E-state index in [1.165, 1.54) is 16.9 Å². The Morgan fingerprint density at radius 2 is 1.88 bits per heavy atom. The van der Waals surface area contributed by atoms with E-state index in [9.17, 15) is 13.2 Å². The fraction of sp³-hybridized carbons (Fsp3) is 0.312. The third-order valence-corrected chi connectivity index (χ3v) is 5.86. The van der Waals surface area contributed by atoms with Gasteiger partial charge in [0, 0.05) is 22.4 Å². The summed E-state index contributed by atoms with van der Waals surface area (Å²) in [6.45, 7) is 4.27. The monoisotopic (exact) mass is 399 g/mol. The van der Waals surface area contributed by atoms with Crippen molar-refractivity contribution in [2.24, 2.45) is 0 Å². The minimum atomic E-state index is -4.62. The first-order valence-electron chi connectivity index (χ1n) is 7.71.